The molecule has 9 nitrogen and oxygen atoms in total. The fourth-order valence-corrected chi connectivity index (χ4v) is 4.98. The average Bonchev–Trinajstić information content (AvgIpc) is 3.30. The molecule has 34 heavy (non-hydrogen) atoms. The number of aromatic nitrogens is 4. The summed E-state index contributed by atoms with van der Waals surface area (Å²) < 4.78 is 11.6. The summed E-state index contributed by atoms with van der Waals surface area (Å²) in [6, 6.07) is 3.98. The molecule has 2 aliphatic rings. The summed E-state index contributed by atoms with van der Waals surface area (Å²) in [7, 11) is 0. The van der Waals surface area contributed by atoms with Crippen LogP contribution in [0.25, 0.3) is 11.0 Å². The maximum absolute atomic E-state index is 6.51. The van der Waals surface area contributed by atoms with E-state index in [0.29, 0.717) is 11.6 Å². The Labute approximate surface area is 205 Å². The number of aromatic amines is 1. The molecular formula is C24H32ClN7O2. The fourth-order valence-electron chi connectivity index (χ4n) is 4.78. The van der Waals surface area contributed by atoms with Crippen LogP contribution in [0.4, 0.5) is 11.5 Å². The molecule has 0 radical (unpaired) electrons. The monoisotopic (exact) mass is 485 g/mol. The summed E-state index contributed by atoms with van der Waals surface area (Å²) in [5, 5.41) is 9.19. The number of hydrogen-bond acceptors (Lipinski definition) is 8. The highest BCUT2D eigenvalue weighted by Crippen LogP contribution is 2.34. The zero-order valence-electron chi connectivity index (χ0n) is 19.9. The normalized spacial score (nSPS) is 17.5. The maximum atomic E-state index is 6.51. The molecule has 0 aliphatic carbocycles. The van der Waals surface area contributed by atoms with Gasteiger partial charge in [-0.2, -0.15) is 5.10 Å². The number of rotatable bonds is 7. The van der Waals surface area contributed by atoms with Gasteiger partial charge in [0.15, 0.2) is 5.65 Å². The number of benzene rings is 1. The highest BCUT2D eigenvalue weighted by atomic mass is 35.5. The number of piperazine rings is 1. The predicted molar refractivity (Wildman–Crippen MR) is 134 cm³/mol. The molecule has 4 heterocycles. The highest BCUT2D eigenvalue weighted by molar-refractivity contribution is 6.31. The molecule has 1 N–H and O–H groups in total. The van der Waals surface area contributed by atoms with Crippen molar-refractivity contribution in [3.8, 4) is 5.75 Å². The van der Waals surface area contributed by atoms with E-state index in [1.54, 1.807) is 6.33 Å². The molecule has 2 aliphatic heterocycles. The van der Waals surface area contributed by atoms with Crippen LogP contribution in [0.3, 0.4) is 0 Å². The number of ether oxygens (including phenoxy) is 2. The second kappa shape index (κ2) is 10.3. The van der Waals surface area contributed by atoms with E-state index < -0.39 is 0 Å². The first kappa shape index (κ1) is 23.1. The summed E-state index contributed by atoms with van der Waals surface area (Å²) in [5.74, 6) is 1.83. The minimum Gasteiger partial charge on any atom is -0.492 e. The predicted octanol–water partition coefficient (Wildman–Crippen LogP) is 2.91. The standard InChI is InChI=1S/C24H32ClN7O2/c1-3-19-22-23(29-28-19)26-16-27-24(22)32-6-4-31(5-7-32)20-14-18(25)15-21(17(20)2)34-13-10-30-8-11-33-12-9-30/h14-16H,3-13H2,1-2H3,(H,26,27,28,29). The van der Waals surface area contributed by atoms with Crippen LogP contribution in [0.1, 0.15) is 18.2 Å². The Morgan fingerprint density at radius 1 is 1.06 bits per heavy atom. The first-order valence-corrected chi connectivity index (χ1v) is 12.4. The summed E-state index contributed by atoms with van der Waals surface area (Å²) in [6.07, 6.45) is 2.47. The first-order valence-electron chi connectivity index (χ1n) is 12.0. The summed E-state index contributed by atoms with van der Waals surface area (Å²) >= 11 is 6.51. The van der Waals surface area contributed by atoms with E-state index in [1.165, 1.54) is 0 Å². The molecule has 1 aromatic carbocycles. The van der Waals surface area contributed by atoms with Gasteiger partial charge >= 0.3 is 0 Å². The van der Waals surface area contributed by atoms with Crippen LogP contribution in [0.5, 0.6) is 5.75 Å². The lowest BCUT2D eigenvalue weighted by atomic mass is 10.1. The topological polar surface area (TPSA) is 82.6 Å². The molecule has 0 saturated carbocycles. The van der Waals surface area contributed by atoms with E-state index in [1.807, 2.05) is 6.07 Å². The van der Waals surface area contributed by atoms with Gasteiger partial charge in [-0.05, 0) is 25.5 Å². The molecule has 182 valence electrons. The van der Waals surface area contributed by atoms with Crippen LogP contribution in [-0.2, 0) is 11.2 Å². The third kappa shape index (κ3) is 4.78. The Kier molecular flexibility index (Phi) is 7.03. The lowest BCUT2D eigenvalue weighted by Crippen LogP contribution is -2.47. The van der Waals surface area contributed by atoms with Crippen molar-refractivity contribution in [1.82, 2.24) is 25.1 Å². The molecule has 0 amide bonds. The summed E-state index contributed by atoms with van der Waals surface area (Å²) in [4.78, 5) is 16.0. The zero-order chi connectivity index (χ0) is 23.5. The summed E-state index contributed by atoms with van der Waals surface area (Å²) in [6.45, 7) is 12.8. The van der Waals surface area contributed by atoms with Gasteiger partial charge in [-0.25, -0.2) is 9.97 Å². The Hall–Kier alpha value is -2.62. The molecule has 0 unspecified atom stereocenters. The lowest BCUT2D eigenvalue weighted by molar-refractivity contribution is 0.0322. The van der Waals surface area contributed by atoms with Crippen molar-refractivity contribution in [3.63, 3.8) is 0 Å². The third-order valence-electron chi connectivity index (χ3n) is 6.75. The van der Waals surface area contributed by atoms with Crippen molar-refractivity contribution >= 4 is 34.1 Å². The maximum Gasteiger partial charge on any atom is 0.186 e. The number of halogens is 1. The summed E-state index contributed by atoms with van der Waals surface area (Å²) in [5.41, 5.74) is 4.08. The number of fused-ring (bicyclic) bond motifs is 1. The van der Waals surface area contributed by atoms with Crippen molar-refractivity contribution in [2.24, 2.45) is 0 Å². The Bertz CT molecular complexity index is 1120. The van der Waals surface area contributed by atoms with Crippen molar-refractivity contribution in [2.75, 3.05) is 75.4 Å². The smallest absolute Gasteiger partial charge is 0.186 e. The average molecular weight is 486 g/mol. The molecule has 5 rings (SSSR count). The minimum atomic E-state index is 0.641. The van der Waals surface area contributed by atoms with Crippen LogP contribution in [0, 0.1) is 6.92 Å². The van der Waals surface area contributed by atoms with Crippen LogP contribution < -0.4 is 14.5 Å². The quantitative estimate of drug-likeness (QED) is 0.547. The van der Waals surface area contributed by atoms with Crippen molar-refractivity contribution in [3.05, 3.63) is 34.7 Å². The van der Waals surface area contributed by atoms with Crippen LogP contribution in [0.15, 0.2) is 18.5 Å². The van der Waals surface area contributed by atoms with E-state index in [-0.39, 0.29) is 0 Å². The second-order valence-corrected chi connectivity index (χ2v) is 9.21. The van der Waals surface area contributed by atoms with Gasteiger partial charge in [0.2, 0.25) is 0 Å². The molecule has 0 atom stereocenters. The van der Waals surface area contributed by atoms with Crippen molar-refractivity contribution in [1.29, 1.82) is 0 Å². The van der Waals surface area contributed by atoms with Gasteiger partial charge in [0, 0.05) is 67.8 Å². The van der Waals surface area contributed by atoms with E-state index in [4.69, 9.17) is 21.1 Å². The zero-order valence-corrected chi connectivity index (χ0v) is 20.6. The molecular weight excluding hydrogens is 454 g/mol. The SMILES string of the molecule is CCc1[nH]nc2ncnc(N3CCN(c4cc(Cl)cc(OCCN5CCOCC5)c4C)CC3)c12. The van der Waals surface area contributed by atoms with Crippen molar-refractivity contribution < 1.29 is 9.47 Å². The van der Waals surface area contributed by atoms with Gasteiger partial charge in [-0.15, -0.1) is 0 Å². The Balaban J connectivity index is 1.26. The fraction of sp³-hybridized carbons (Fsp3) is 0.542. The second-order valence-electron chi connectivity index (χ2n) is 8.78. The molecule has 0 spiro atoms. The molecule has 10 heteroatoms. The van der Waals surface area contributed by atoms with E-state index in [0.717, 1.165) is 105 Å². The van der Waals surface area contributed by atoms with Gasteiger partial charge in [-0.3, -0.25) is 10.00 Å². The molecule has 3 aromatic rings. The Morgan fingerprint density at radius 3 is 2.59 bits per heavy atom. The lowest BCUT2D eigenvalue weighted by Gasteiger charge is -2.37. The number of anilines is 2. The van der Waals surface area contributed by atoms with E-state index >= 15 is 0 Å². The third-order valence-corrected chi connectivity index (χ3v) is 6.96. The van der Waals surface area contributed by atoms with Gasteiger partial charge in [0.05, 0.1) is 18.6 Å². The highest BCUT2D eigenvalue weighted by Gasteiger charge is 2.24. The van der Waals surface area contributed by atoms with Gasteiger partial charge in [-0.1, -0.05) is 18.5 Å². The van der Waals surface area contributed by atoms with Crippen molar-refractivity contribution in [2.45, 2.75) is 20.3 Å². The van der Waals surface area contributed by atoms with Crippen LogP contribution in [0.2, 0.25) is 5.02 Å². The number of hydrogen-bond donors (Lipinski definition) is 1. The number of nitrogens with zero attached hydrogens (tertiary/aromatic N) is 6. The minimum absolute atomic E-state index is 0.641. The first-order chi connectivity index (χ1) is 16.6. The number of morpholine rings is 1. The van der Waals surface area contributed by atoms with Crippen LogP contribution >= 0.6 is 11.6 Å². The number of nitrogens with one attached hydrogen (secondary N) is 1. The van der Waals surface area contributed by atoms with Crippen LogP contribution in [-0.4, -0.2) is 90.7 Å². The van der Waals surface area contributed by atoms with Gasteiger partial charge in [0.1, 0.15) is 24.5 Å². The molecule has 2 saturated heterocycles. The van der Waals surface area contributed by atoms with Gasteiger partial charge in [0.25, 0.3) is 0 Å². The van der Waals surface area contributed by atoms with E-state index in [9.17, 15) is 0 Å². The largest absolute Gasteiger partial charge is 0.492 e. The molecule has 2 fully saturated rings. The number of aryl methyl sites for hydroxylation is 1. The molecule has 0 bridgehead atoms. The van der Waals surface area contributed by atoms with E-state index in [2.05, 4.69) is 54.8 Å². The Morgan fingerprint density at radius 2 is 1.82 bits per heavy atom. The van der Waals surface area contributed by atoms with Gasteiger partial charge < -0.3 is 19.3 Å². The molecule has 2 aromatic heterocycles. The number of H-pyrrole nitrogens is 1.